The van der Waals surface area contributed by atoms with E-state index in [9.17, 15) is 28.1 Å². The highest BCUT2D eigenvalue weighted by Gasteiger charge is 2.14. The maximum absolute atomic E-state index is 13.8. The number of ether oxygens (including phenoxy) is 2. The van der Waals surface area contributed by atoms with Gasteiger partial charge in [-0.2, -0.15) is 8.78 Å². The number of amides is 2. The van der Waals surface area contributed by atoms with Crippen LogP contribution in [0.1, 0.15) is 5.56 Å². The highest BCUT2D eigenvalue weighted by atomic mass is 19.3. The summed E-state index contributed by atoms with van der Waals surface area (Å²) in [5.41, 5.74) is -0.551. The van der Waals surface area contributed by atoms with Crippen molar-refractivity contribution < 1.29 is 32.4 Å². The summed E-state index contributed by atoms with van der Waals surface area (Å²) in [6, 6.07) is 5.92. The van der Waals surface area contributed by atoms with Crippen molar-refractivity contribution in [3.05, 3.63) is 57.9 Å². The quantitative estimate of drug-likeness (QED) is 0.559. The van der Waals surface area contributed by atoms with E-state index >= 15 is 0 Å². The molecule has 0 saturated heterocycles. The molecular weight excluding hydrogens is 371 g/mol. The van der Waals surface area contributed by atoms with Gasteiger partial charge in [0.05, 0.1) is 23.8 Å². The fraction of sp³-hybridized carbons (Fsp3) is 0.188. The van der Waals surface area contributed by atoms with Gasteiger partial charge < -0.3 is 20.1 Å². The van der Waals surface area contributed by atoms with E-state index in [2.05, 4.69) is 15.4 Å². The standard InChI is InChI=1S/C16H14F3N3O5/c1-26-11-3-5-14(27-15(18)19)9(6-11)8-20-16(23)21-13-4-2-10(22(24)25)7-12(13)17/h2-7,15H,8H2,1H3,(H2,20,21,23). The molecule has 144 valence electrons. The molecule has 0 atom stereocenters. The Morgan fingerprint density at radius 3 is 2.59 bits per heavy atom. The number of nitro groups is 1. The van der Waals surface area contributed by atoms with Crippen LogP contribution < -0.4 is 20.1 Å². The molecule has 0 radical (unpaired) electrons. The van der Waals surface area contributed by atoms with Gasteiger partial charge in [-0.05, 0) is 24.3 Å². The molecule has 0 heterocycles. The molecule has 11 heteroatoms. The van der Waals surface area contributed by atoms with Crippen molar-refractivity contribution in [2.45, 2.75) is 13.2 Å². The number of nitrogens with zero attached hydrogens (tertiary/aromatic N) is 1. The van der Waals surface area contributed by atoms with Gasteiger partial charge >= 0.3 is 12.6 Å². The third-order valence-electron chi connectivity index (χ3n) is 3.33. The SMILES string of the molecule is COc1ccc(OC(F)F)c(CNC(=O)Nc2ccc([N+](=O)[O-])cc2F)c1. The fourth-order valence-corrected chi connectivity index (χ4v) is 2.09. The second-order valence-corrected chi connectivity index (χ2v) is 5.08. The van der Waals surface area contributed by atoms with Crippen molar-refractivity contribution >= 4 is 17.4 Å². The number of hydrogen-bond donors (Lipinski definition) is 2. The molecule has 2 rings (SSSR count). The van der Waals surface area contributed by atoms with Crippen LogP contribution in [0, 0.1) is 15.9 Å². The molecule has 0 aliphatic carbocycles. The van der Waals surface area contributed by atoms with E-state index in [0.717, 1.165) is 12.1 Å². The van der Waals surface area contributed by atoms with Crippen molar-refractivity contribution in [3.8, 4) is 11.5 Å². The first kappa shape index (κ1) is 19.8. The molecule has 0 spiro atoms. The van der Waals surface area contributed by atoms with Crippen LogP contribution in [-0.2, 0) is 6.54 Å². The first-order valence-electron chi connectivity index (χ1n) is 7.40. The third kappa shape index (κ3) is 5.49. The van der Waals surface area contributed by atoms with Gasteiger partial charge in [0.15, 0.2) is 5.82 Å². The summed E-state index contributed by atoms with van der Waals surface area (Å²) in [4.78, 5) is 21.7. The first-order valence-corrected chi connectivity index (χ1v) is 7.40. The number of methoxy groups -OCH3 is 1. The summed E-state index contributed by atoms with van der Waals surface area (Å²) in [5.74, 6) is -0.801. The first-order chi connectivity index (χ1) is 12.8. The molecule has 0 aliphatic rings. The van der Waals surface area contributed by atoms with Crippen molar-refractivity contribution in [1.29, 1.82) is 0 Å². The largest absolute Gasteiger partial charge is 0.497 e. The van der Waals surface area contributed by atoms with Crippen LogP contribution in [0.3, 0.4) is 0 Å². The summed E-state index contributed by atoms with van der Waals surface area (Å²) in [5, 5.41) is 15.1. The van der Waals surface area contributed by atoms with E-state index in [4.69, 9.17) is 4.74 Å². The van der Waals surface area contributed by atoms with E-state index in [1.54, 1.807) is 0 Å². The van der Waals surface area contributed by atoms with Crippen LogP contribution in [0.25, 0.3) is 0 Å². The maximum Gasteiger partial charge on any atom is 0.387 e. The number of nitrogens with one attached hydrogen (secondary N) is 2. The lowest BCUT2D eigenvalue weighted by molar-refractivity contribution is -0.385. The Bertz CT molecular complexity index is 848. The zero-order valence-electron chi connectivity index (χ0n) is 13.9. The van der Waals surface area contributed by atoms with Gasteiger partial charge in [0, 0.05) is 18.2 Å². The Morgan fingerprint density at radius 2 is 2.00 bits per heavy atom. The number of urea groups is 1. The number of non-ortho nitro benzene ring substituents is 1. The summed E-state index contributed by atoms with van der Waals surface area (Å²) in [6.45, 7) is -3.28. The summed E-state index contributed by atoms with van der Waals surface area (Å²) in [7, 11) is 1.38. The maximum atomic E-state index is 13.8. The average molecular weight is 385 g/mol. The van der Waals surface area contributed by atoms with Gasteiger partial charge in [-0.25, -0.2) is 9.18 Å². The lowest BCUT2D eigenvalue weighted by atomic mass is 10.2. The number of benzene rings is 2. The Morgan fingerprint density at radius 1 is 1.26 bits per heavy atom. The molecule has 0 bridgehead atoms. The van der Waals surface area contributed by atoms with Crippen LogP contribution in [-0.4, -0.2) is 24.7 Å². The van der Waals surface area contributed by atoms with Gasteiger partial charge in [0.1, 0.15) is 11.5 Å². The van der Waals surface area contributed by atoms with Crippen molar-refractivity contribution in [1.82, 2.24) is 5.32 Å². The molecule has 2 aromatic rings. The van der Waals surface area contributed by atoms with E-state index in [-0.39, 0.29) is 23.5 Å². The van der Waals surface area contributed by atoms with Crippen LogP contribution in [0.2, 0.25) is 0 Å². The number of halogens is 3. The minimum atomic E-state index is -3.06. The summed E-state index contributed by atoms with van der Waals surface area (Å²) in [6.07, 6.45) is 0. The smallest absolute Gasteiger partial charge is 0.387 e. The molecule has 0 aromatic heterocycles. The number of hydrogen-bond acceptors (Lipinski definition) is 5. The summed E-state index contributed by atoms with van der Waals surface area (Å²) >= 11 is 0. The molecule has 0 saturated carbocycles. The molecule has 2 aromatic carbocycles. The molecule has 2 amide bonds. The predicted octanol–water partition coefficient (Wildman–Crippen LogP) is 3.67. The molecule has 2 N–H and O–H groups in total. The highest BCUT2D eigenvalue weighted by Crippen LogP contribution is 2.26. The Kier molecular flexibility index (Phi) is 6.41. The van der Waals surface area contributed by atoms with Crippen LogP contribution >= 0.6 is 0 Å². The van der Waals surface area contributed by atoms with Crippen LogP contribution in [0.4, 0.5) is 29.3 Å². The highest BCUT2D eigenvalue weighted by molar-refractivity contribution is 5.89. The third-order valence-corrected chi connectivity index (χ3v) is 3.33. The van der Waals surface area contributed by atoms with Gasteiger partial charge in [0.2, 0.25) is 0 Å². The topological polar surface area (TPSA) is 103 Å². The Labute approximate surface area is 151 Å². The van der Waals surface area contributed by atoms with Gasteiger partial charge in [0.25, 0.3) is 5.69 Å². The second kappa shape index (κ2) is 8.74. The lowest BCUT2D eigenvalue weighted by Crippen LogP contribution is -2.28. The summed E-state index contributed by atoms with van der Waals surface area (Å²) < 4.78 is 48.0. The average Bonchev–Trinajstić information content (AvgIpc) is 2.62. The Hall–Kier alpha value is -3.50. The van der Waals surface area contributed by atoms with Crippen LogP contribution in [0.5, 0.6) is 11.5 Å². The van der Waals surface area contributed by atoms with E-state index in [1.807, 2.05) is 0 Å². The minimum absolute atomic E-state index is 0.160. The normalized spacial score (nSPS) is 10.4. The molecule has 8 nitrogen and oxygen atoms in total. The van der Waals surface area contributed by atoms with E-state index in [0.29, 0.717) is 11.8 Å². The molecule has 0 fully saturated rings. The van der Waals surface area contributed by atoms with Gasteiger partial charge in [-0.15, -0.1) is 0 Å². The molecule has 27 heavy (non-hydrogen) atoms. The zero-order chi connectivity index (χ0) is 20.0. The number of anilines is 1. The number of rotatable bonds is 7. The number of carbonyl (C=O) groups excluding carboxylic acids is 1. The number of alkyl halides is 2. The molecule has 0 aliphatic heterocycles. The molecular formula is C16H14F3N3O5. The number of carbonyl (C=O) groups is 1. The van der Waals surface area contributed by atoms with Crippen molar-refractivity contribution in [2.24, 2.45) is 0 Å². The van der Waals surface area contributed by atoms with Crippen molar-refractivity contribution in [2.75, 3.05) is 12.4 Å². The lowest BCUT2D eigenvalue weighted by Gasteiger charge is -2.13. The Balaban J connectivity index is 2.06. The molecule has 0 unspecified atom stereocenters. The minimum Gasteiger partial charge on any atom is -0.497 e. The van der Waals surface area contributed by atoms with Crippen molar-refractivity contribution in [3.63, 3.8) is 0 Å². The second-order valence-electron chi connectivity index (χ2n) is 5.08. The van der Waals surface area contributed by atoms with Gasteiger partial charge in [-0.1, -0.05) is 0 Å². The van der Waals surface area contributed by atoms with E-state index in [1.165, 1.54) is 25.3 Å². The van der Waals surface area contributed by atoms with E-state index < -0.39 is 29.1 Å². The monoisotopic (exact) mass is 385 g/mol. The van der Waals surface area contributed by atoms with Gasteiger partial charge in [-0.3, -0.25) is 10.1 Å². The van der Waals surface area contributed by atoms with Crippen LogP contribution in [0.15, 0.2) is 36.4 Å². The number of nitro benzene ring substituents is 1. The fourth-order valence-electron chi connectivity index (χ4n) is 2.09. The zero-order valence-corrected chi connectivity index (χ0v) is 13.9. The predicted molar refractivity (Wildman–Crippen MR) is 88.5 cm³/mol.